The Hall–Kier alpha value is -3.50. The number of benzene rings is 1. The maximum Gasteiger partial charge on any atom is 0.267 e. The van der Waals surface area contributed by atoms with Crippen LogP contribution in [0.25, 0.3) is 22.3 Å². The number of hydrogen-bond acceptors (Lipinski definition) is 6. The fourth-order valence-corrected chi connectivity index (χ4v) is 3.26. The molecular formula is C21H19N5O2. The van der Waals surface area contributed by atoms with Gasteiger partial charge in [0, 0.05) is 30.6 Å². The summed E-state index contributed by atoms with van der Waals surface area (Å²) in [5, 5.41) is 10.6. The van der Waals surface area contributed by atoms with Crippen LogP contribution in [-0.4, -0.2) is 49.6 Å². The normalized spacial score (nSPS) is 22.1. The molecule has 140 valence electrons. The molecule has 2 aromatic heterocycles. The fraction of sp³-hybridized carbons (Fsp3) is 0.238. The number of hydrogen-bond donors (Lipinski definition) is 2. The van der Waals surface area contributed by atoms with Crippen molar-refractivity contribution in [1.82, 2.24) is 19.9 Å². The van der Waals surface area contributed by atoms with E-state index in [-0.39, 0.29) is 30.5 Å². The van der Waals surface area contributed by atoms with Crippen molar-refractivity contribution in [2.75, 3.05) is 12.8 Å². The molecule has 1 aliphatic rings. The van der Waals surface area contributed by atoms with Crippen LogP contribution < -0.4 is 5.73 Å². The second-order valence-electron chi connectivity index (χ2n) is 6.93. The number of amides is 1. The van der Waals surface area contributed by atoms with E-state index in [9.17, 15) is 9.90 Å². The zero-order chi connectivity index (χ0) is 20.8. The first-order valence-corrected chi connectivity index (χ1v) is 8.81. The van der Waals surface area contributed by atoms with Crippen LogP contribution >= 0.6 is 0 Å². The van der Waals surface area contributed by atoms with Crippen molar-refractivity contribution >= 4 is 22.8 Å². The maximum atomic E-state index is 12.3. The Kier molecular flexibility index (Phi) is 3.92. The first-order valence-electron chi connectivity index (χ1n) is 9.31. The molecule has 1 fully saturated rings. The monoisotopic (exact) mass is 374 g/mol. The zero-order valence-electron chi connectivity index (χ0n) is 16.5. The predicted octanol–water partition coefficient (Wildman–Crippen LogP) is 1.61. The van der Waals surface area contributed by atoms with Gasteiger partial charge in [0.2, 0.25) is 5.60 Å². The number of carbonyl (C=O) groups excluding carboxylic acids is 1. The maximum absolute atomic E-state index is 12.3. The minimum Gasteiger partial charge on any atom is -0.382 e. The highest BCUT2D eigenvalue weighted by molar-refractivity contribution is 5.91. The number of aliphatic hydroxyl groups is 1. The van der Waals surface area contributed by atoms with Gasteiger partial charge in [-0.1, -0.05) is 24.0 Å². The van der Waals surface area contributed by atoms with Crippen LogP contribution in [0.15, 0.2) is 42.7 Å². The van der Waals surface area contributed by atoms with Gasteiger partial charge in [-0.05, 0) is 31.2 Å². The first-order chi connectivity index (χ1) is 13.8. The Morgan fingerprint density at radius 2 is 2.18 bits per heavy atom. The predicted molar refractivity (Wildman–Crippen MR) is 106 cm³/mol. The fourth-order valence-electron chi connectivity index (χ4n) is 3.26. The number of nitrogens with two attached hydrogens (primary N) is 1. The highest BCUT2D eigenvalue weighted by atomic mass is 16.3. The van der Waals surface area contributed by atoms with Gasteiger partial charge in [0.25, 0.3) is 5.91 Å². The van der Waals surface area contributed by atoms with Crippen LogP contribution in [0.5, 0.6) is 0 Å². The third kappa shape index (κ3) is 3.04. The second-order valence-corrected chi connectivity index (χ2v) is 6.93. The van der Waals surface area contributed by atoms with Gasteiger partial charge in [-0.3, -0.25) is 4.79 Å². The summed E-state index contributed by atoms with van der Waals surface area (Å²) in [4.78, 5) is 26.1. The van der Waals surface area contributed by atoms with Gasteiger partial charge in [0.05, 0.1) is 11.2 Å². The van der Waals surface area contributed by atoms with Gasteiger partial charge in [-0.15, -0.1) is 0 Å². The summed E-state index contributed by atoms with van der Waals surface area (Å²) in [6, 6.07) is 10.8. The van der Waals surface area contributed by atoms with Gasteiger partial charge in [0.15, 0.2) is 5.82 Å². The van der Waals surface area contributed by atoms with Crippen molar-refractivity contribution in [2.24, 2.45) is 0 Å². The van der Waals surface area contributed by atoms with Gasteiger partial charge in [-0.2, -0.15) is 0 Å². The number of anilines is 1. The molecule has 1 amide bonds. The Morgan fingerprint density at radius 3 is 2.93 bits per heavy atom. The quantitative estimate of drug-likeness (QED) is 0.627. The number of likely N-dealkylation sites (N-methyl/N-ethyl adjacent to an activating group) is 1. The van der Waals surface area contributed by atoms with Crippen molar-refractivity contribution in [3.05, 3.63) is 48.3 Å². The summed E-state index contributed by atoms with van der Waals surface area (Å²) in [6.45, 7) is 1.88. The van der Waals surface area contributed by atoms with Crippen molar-refractivity contribution < 1.29 is 11.3 Å². The van der Waals surface area contributed by atoms with Crippen LogP contribution in [0.4, 0.5) is 5.82 Å². The number of pyridine rings is 1. The summed E-state index contributed by atoms with van der Waals surface area (Å²) in [6.07, 6.45) is 0.125. The van der Waals surface area contributed by atoms with Crippen LogP contribution in [0, 0.1) is 11.8 Å². The van der Waals surface area contributed by atoms with Gasteiger partial charge in [0.1, 0.15) is 13.2 Å². The van der Waals surface area contributed by atoms with E-state index in [2.05, 4.69) is 26.8 Å². The highest BCUT2D eigenvalue weighted by Crippen LogP contribution is 2.27. The van der Waals surface area contributed by atoms with E-state index in [0.29, 0.717) is 22.3 Å². The molecule has 7 heteroatoms. The molecule has 1 aromatic carbocycles. The summed E-state index contributed by atoms with van der Waals surface area (Å²) >= 11 is 0. The zero-order valence-corrected chi connectivity index (χ0v) is 15.5. The van der Waals surface area contributed by atoms with E-state index < -0.39 is 5.60 Å². The Labute approximate surface area is 163 Å². The molecule has 0 spiro atoms. The van der Waals surface area contributed by atoms with E-state index in [1.165, 1.54) is 4.90 Å². The molecule has 28 heavy (non-hydrogen) atoms. The van der Waals surface area contributed by atoms with Gasteiger partial charge in [-0.25, -0.2) is 15.0 Å². The standard InChI is InChI=1S/C21H19N5O2/c1-13-11-21(28,20(27)26(13)2)9-8-14-4-3-5-15(10-14)16-6-7-17-18(25-16)19(22)24-12-23-17/h3-7,10,12-13,28H,11H2,1-2H3,(H2,22,23,24)/t13-,21-/m0/s1/i12D. The molecule has 7 nitrogen and oxygen atoms in total. The van der Waals surface area contributed by atoms with E-state index in [4.69, 9.17) is 7.10 Å². The number of carbonyl (C=O) groups is 1. The third-order valence-electron chi connectivity index (χ3n) is 4.96. The van der Waals surface area contributed by atoms with E-state index in [0.717, 1.165) is 5.56 Å². The molecule has 1 aliphatic heterocycles. The SMILES string of the molecule is [2H]c1nc(N)c2nc(-c3cccc(C#C[C@]4(O)C[C@H](C)N(C)C4=O)c3)ccc2n1. The number of rotatable bonds is 1. The Morgan fingerprint density at radius 1 is 1.36 bits per heavy atom. The van der Waals surface area contributed by atoms with E-state index in [1.807, 2.05) is 25.1 Å². The van der Waals surface area contributed by atoms with Crippen molar-refractivity contribution in [3.63, 3.8) is 0 Å². The van der Waals surface area contributed by atoms with E-state index in [1.54, 1.807) is 25.2 Å². The Bertz CT molecular complexity index is 1200. The molecule has 2 atom stereocenters. The summed E-state index contributed by atoms with van der Waals surface area (Å²) in [7, 11) is 1.66. The van der Waals surface area contributed by atoms with Crippen molar-refractivity contribution in [3.8, 4) is 23.1 Å². The number of likely N-dealkylation sites (tertiary alicyclic amines) is 1. The lowest BCUT2D eigenvalue weighted by Gasteiger charge is -2.14. The van der Waals surface area contributed by atoms with Crippen LogP contribution in [0.3, 0.4) is 0 Å². The molecule has 0 saturated carbocycles. The smallest absolute Gasteiger partial charge is 0.267 e. The topological polar surface area (TPSA) is 105 Å². The lowest BCUT2D eigenvalue weighted by atomic mass is 10.00. The average Bonchev–Trinajstić information content (AvgIpc) is 2.89. The molecule has 1 saturated heterocycles. The molecule has 0 bridgehead atoms. The van der Waals surface area contributed by atoms with Crippen molar-refractivity contribution in [1.29, 1.82) is 0 Å². The lowest BCUT2D eigenvalue weighted by molar-refractivity contribution is -0.138. The van der Waals surface area contributed by atoms with Crippen LogP contribution in [-0.2, 0) is 4.79 Å². The molecule has 4 rings (SSSR count). The molecule has 3 heterocycles. The molecular weight excluding hydrogens is 354 g/mol. The Balaban J connectivity index is 1.69. The first kappa shape index (κ1) is 16.7. The summed E-state index contributed by atoms with van der Waals surface area (Å²) in [5.41, 5.74) is 7.25. The van der Waals surface area contributed by atoms with Crippen LogP contribution in [0.2, 0.25) is 0 Å². The minimum absolute atomic E-state index is 0.0631. The minimum atomic E-state index is -1.66. The lowest BCUT2D eigenvalue weighted by Crippen LogP contribution is -2.37. The largest absolute Gasteiger partial charge is 0.382 e. The van der Waals surface area contributed by atoms with Crippen LogP contribution in [0.1, 0.15) is 20.3 Å². The number of nitrogens with zero attached hydrogens (tertiary/aromatic N) is 4. The summed E-state index contributed by atoms with van der Waals surface area (Å²) in [5.74, 6) is 5.43. The molecule has 0 radical (unpaired) electrons. The van der Waals surface area contributed by atoms with Gasteiger partial charge < -0.3 is 15.7 Å². The molecule has 0 unspecified atom stereocenters. The molecule has 3 aromatic rings. The third-order valence-corrected chi connectivity index (χ3v) is 4.96. The number of aromatic nitrogens is 3. The molecule has 3 N–H and O–H groups in total. The summed E-state index contributed by atoms with van der Waals surface area (Å²) < 4.78 is 7.54. The highest BCUT2D eigenvalue weighted by Gasteiger charge is 2.46. The number of fused-ring (bicyclic) bond motifs is 1. The van der Waals surface area contributed by atoms with E-state index >= 15 is 0 Å². The average molecular weight is 374 g/mol. The molecule has 0 aliphatic carbocycles. The van der Waals surface area contributed by atoms with Gasteiger partial charge >= 0.3 is 0 Å². The second kappa shape index (κ2) is 6.59. The number of nitrogen functional groups attached to an aromatic ring is 1. The van der Waals surface area contributed by atoms with Crippen molar-refractivity contribution in [2.45, 2.75) is 25.0 Å².